The number of benzene rings is 1. The Labute approximate surface area is 155 Å². The van der Waals surface area contributed by atoms with Gasteiger partial charge in [-0.15, -0.1) is 0 Å². The van der Waals surface area contributed by atoms with Crippen LogP contribution in [0.4, 0.5) is 0 Å². The number of guanidine groups is 1. The number of likely N-dealkylation sites (tertiary alicyclic amines) is 1. The number of hydrogen-bond acceptors (Lipinski definition) is 3. The zero-order valence-electron chi connectivity index (χ0n) is 15.8. The van der Waals surface area contributed by atoms with E-state index in [2.05, 4.69) is 60.0 Å². The molecule has 0 bridgehead atoms. The lowest BCUT2D eigenvalue weighted by molar-refractivity contribution is -0.128. The summed E-state index contributed by atoms with van der Waals surface area (Å²) in [5.74, 6) is 1.08. The Hall–Kier alpha value is -1.69. The van der Waals surface area contributed by atoms with E-state index in [0.717, 1.165) is 25.5 Å². The Morgan fingerprint density at radius 3 is 2.72 bits per heavy atom. The van der Waals surface area contributed by atoms with Crippen molar-refractivity contribution in [2.24, 2.45) is 4.99 Å². The highest BCUT2D eigenvalue weighted by atomic mass is 32.2. The molecule has 2 rings (SSSR count). The number of hydrogen-bond donors (Lipinski definition) is 2. The number of nitrogens with zero attached hydrogens (tertiary/aromatic N) is 2. The fraction of sp³-hybridized carbons (Fsp3) is 0.579. The maximum absolute atomic E-state index is 11.8. The number of rotatable bonds is 7. The number of carbonyl (C=O) groups is 1. The van der Waals surface area contributed by atoms with Gasteiger partial charge in [-0.3, -0.25) is 9.79 Å². The highest BCUT2D eigenvalue weighted by Gasteiger charge is 2.20. The van der Waals surface area contributed by atoms with Crippen molar-refractivity contribution in [1.29, 1.82) is 0 Å². The van der Waals surface area contributed by atoms with Crippen LogP contribution in [-0.4, -0.2) is 47.9 Å². The highest BCUT2D eigenvalue weighted by molar-refractivity contribution is 7.99. The minimum atomic E-state index is 0.166. The number of thioether (sulfide) groups is 1. The Bertz CT molecular complexity index is 615. The largest absolute Gasteiger partial charge is 0.355 e. The molecule has 0 aliphatic carbocycles. The van der Waals surface area contributed by atoms with Crippen molar-refractivity contribution in [2.45, 2.75) is 44.5 Å². The van der Waals surface area contributed by atoms with E-state index in [1.165, 1.54) is 11.1 Å². The van der Waals surface area contributed by atoms with Crippen molar-refractivity contribution >= 4 is 23.6 Å². The van der Waals surface area contributed by atoms with E-state index in [-0.39, 0.29) is 10.7 Å². The minimum Gasteiger partial charge on any atom is -0.355 e. The van der Waals surface area contributed by atoms with E-state index < -0.39 is 0 Å². The summed E-state index contributed by atoms with van der Waals surface area (Å²) in [7, 11) is 1.79. The maximum Gasteiger partial charge on any atom is 0.222 e. The second-order valence-corrected chi connectivity index (χ2v) is 8.50. The predicted octanol–water partition coefficient (Wildman–Crippen LogP) is 2.62. The van der Waals surface area contributed by atoms with Crippen LogP contribution in [0.1, 0.15) is 37.8 Å². The third-order valence-corrected chi connectivity index (χ3v) is 5.70. The van der Waals surface area contributed by atoms with Crippen LogP contribution in [0, 0.1) is 0 Å². The fourth-order valence-corrected chi connectivity index (χ4v) is 2.92. The minimum absolute atomic E-state index is 0.166. The zero-order valence-corrected chi connectivity index (χ0v) is 16.6. The van der Waals surface area contributed by atoms with E-state index in [1.54, 1.807) is 7.05 Å². The van der Waals surface area contributed by atoms with E-state index in [4.69, 9.17) is 0 Å². The second-order valence-electron chi connectivity index (χ2n) is 6.98. The van der Waals surface area contributed by atoms with Crippen molar-refractivity contribution in [2.75, 3.05) is 26.4 Å². The molecule has 0 unspecified atom stereocenters. The first-order valence-corrected chi connectivity index (χ1v) is 10.0. The smallest absolute Gasteiger partial charge is 0.222 e. The summed E-state index contributed by atoms with van der Waals surface area (Å²) < 4.78 is 0.166. The summed E-state index contributed by atoms with van der Waals surface area (Å²) in [5, 5.41) is 6.74. The van der Waals surface area contributed by atoms with Crippen LogP contribution in [-0.2, 0) is 17.9 Å². The highest BCUT2D eigenvalue weighted by Crippen LogP contribution is 2.19. The van der Waals surface area contributed by atoms with Crippen LogP contribution < -0.4 is 10.6 Å². The van der Waals surface area contributed by atoms with Gasteiger partial charge >= 0.3 is 0 Å². The van der Waals surface area contributed by atoms with E-state index in [0.29, 0.717) is 19.5 Å². The van der Waals surface area contributed by atoms with Gasteiger partial charge in [-0.05, 0) is 37.7 Å². The first-order valence-electron chi connectivity index (χ1n) is 8.79. The molecule has 138 valence electrons. The van der Waals surface area contributed by atoms with E-state index in [9.17, 15) is 4.79 Å². The van der Waals surface area contributed by atoms with Gasteiger partial charge in [0.2, 0.25) is 5.91 Å². The van der Waals surface area contributed by atoms with Crippen LogP contribution in [0.3, 0.4) is 0 Å². The van der Waals surface area contributed by atoms with Crippen LogP contribution in [0.2, 0.25) is 0 Å². The summed E-state index contributed by atoms with van der Waals surface area (Å²) in [6.07, 6.45) is 3.79. The molecule has 1 aliphatic rings. The van der Waals surface area contributed by atoms with Crippen LogP contribution >= 0.6 is 11.8 Å². The molecule has 1 heterocycles. The van der Waals surface area contributed by atoms with Crippen molar-refractivity contribution in [3.05, 3.63) is 35.4 Å². The lowest BCUT2D eigenvalue weighted by Gasteiger charge is -2.23. The summed E-state index contributed by atoms with van der Waals surface area (Å²) in [6, 6.07) is 8.40. The third-order valence-electron chi connectivity index (χ3n) is 4.45. The van der Waals surface area contributed by atoms with Gasteiger partial charge < -0.3 is 15.5 Å². The molecule has 0 aromatic heterocycles. The molecule has 1 fully saturated rings. The van der Waals surface area contributed by atoms with Crippen molar-refractivity contribution in [1.82, 2.24) is 15.5 Å². The lowest BCUT2D eigenvalue weighted by Crippen LogP contribution is -2.43. The first-order chi connectivity index (χ1) is 11.9. The van der Waals surface area contributed by atoms with Crippen molar-refractivity contribution in [3.63, 3.8) is 0 Å². The standard InChI is InChI=1S/C19H30N4OS/c1-19(2,25-4)14-22-18(20-3)21-12-15-7-5-8-16(11-15)13-23-10-6-9-17(23)24/h5,7-8,11H,6,9-10,12-14H2,1-4H3,(H2,20,21,22). The molecule has 1 saturated heterocycles. The Balaban J connectivity index is 1.87. The molecule has 0 radical (unpaired) electrons. The molecule has 1 aliphatic heterocycles. The number of aliphatic imine (C=N–C) groups is 1. The molecular weight excluding hydrogens is 332 g/mol. The van der Waals surface area contributed by atoms with E-state index in [1.807, 2.05) is 16.7 Å². The van der Waals surface area contributed by atoms with Gasteiger partial charge in [-0.25, -0.2) is 0 Å². The number of carbonyl (C=O) groups excluding carboxylic acids is 1. The van der Waals surface area contributed by atoms with Gasteiger partial charge in [-0.1, -0.05) is 24.3 Å². The average Bonchev–Trinajstić information content (AvgIpc) is 3.00. The molecule has 25 heavy (non-hydrogen) atoms. The zero-order chi connectivity index (χ0) is 18.3. The van der Waals surface area contributed by atoms with Gasteiger partial charge in [0.15, 0.2) is 5.96 Å². The molecule has 1 aromatic carbocycles. The van der Waals surface area contributed by atoms with E-state index >= 15 is 0 Å². The monoisotopic (exact) mass is 362 g/mol. The third kappa shape index (κ3) is 6.27. The molecule has 1 aromatic rings. The summed E-state index contributed by atoms with van der Waals surface area (Å²) in [5.41, 5.74) is 2.37. The van der Waals surface area contributed by atoms with Crippen LogP contribution in [0.15, 0.2) is 29.3 Å². The summed E-state index contributed by atoms with van der Waals surface area (Å²) in [6.45, 7) is 7.57. The van der Waals surface area contributed by atoms with Crippen molar-refractivity contribution < 1.29 is 4.79 Å². The Morgan fingerprint density at radius 2 is 2.08 bits per heavy atom. The van der Waals surface area contributed by atoms with Gasteiger partial charge in [0.25, 0.3) is 0 Å². The van der Waals surface area contributed by atoms with Crippen LogP contribution in [0.25, 0.3) is 0 Å². The maximum atomic E-state index is 11.8. The Kier molecular flexibility index (Phi) is 7.17. The molecule has 2 N–H and O–H groups in total. The molecule has 0 atom stereocenters. The number of amides is 1. The van der Waals surface area contributed by atoms with Gasteiger partial charge in [-0.2, -0.15) is 11.8 Å². The normalized spacial score (nSPS) is 15.6. The fourth-order valence-electron chi connectivity index (χ4n) is 2.70. The average molecular weight is 363 g/mol. The van der Waals surface area contributed by atoms with Crippen molar-refractivity contribution in [3.8, 4) is 0 Å². The predicted molar refractivity (Wildman–Crippen MR) is 107 cm³/mol. The van der Waals surface area contributed by atoms with Crippen LogP contribution in [0.5, 0.6) is 0 Å². The second kappa shape index (κ2) is 9.13. The SMILES string of the molecule is CN=C(NCc1cccc(CN2CCCC2=O)c1)NCC(C)(C)SC. The first kappa shape index (κ1) is 19.6. The molecule has 0 spiro atoms. The lowest BCUT2D eigenvalue weighted by atomic mass is 10.1. The molecule has 5 nitrogen and oxygen atoms in total. The summed E-state index contributed by atoms with van der Waals surface area (Å²) in [4.78, 5) is 18.0. The van der Waals surface area contributed by atoms with Gasteiger partial charge in [0.05, 0.1) is 0 Å². The quantitative estimate of drug-likeness (QED) is 0.578. The molecule has 0 saturated carbocycles. The van der Waals surface area contributed by atoms with Gasteiger partial charge in [0.1, 0.15) is 0 Å². The molecule has 6 heteroatoms. The topological polar surface area (TPSA) is 56.7 Å². The Morgan fingerprint density at radius 1 is 1.32 bits per heavy atom. The summed E-state index contributed by atoms with van der Waals surface area (Å²) >= 11 is 1.83. The molecular formula is C19H30N4OS. The number of nitrogens with one attached hydrogen (secondary N) is 2. The van der Waals surface area contributed by atoms with Gasteiger partial charge in [0, 0.05) is 44.4 Å². The molecule has 1 amide bonds.